The minimum Gasteiger partial charge on any atom is -0.442 e. The van der Waals surface area contributed by atoms with Gasteiger partial charge >= 0.3 is 6.18 Å². The van der Waals surface area contributed by atoms with E-state index in [2.05, 4.69) is 9.97 Å². The Morgan fingerprint density at radius 3 is 2.44 bits per heavy atom. The molecular weight excluding hydrogens is 245 g/mol. The van der Waals surface area contributed by atoms with Crippen LogP contribution in [0.5, 0.6) is 0 Å². The van der Waals surface area contributed by atoms with Crippen LogP contribution in [0.2, 0.25) is 0 Å². The van der Waals surface area contributed by atoms with Crippen molar-refractivity contribution < 1.29 is 17.6 Å². The van der Waals surface area contributed by atoms with Crippen molar-refractivity contribution in [2.24, 2.45) is 0 Å². The van der Waals surface area contributed by atoms with Crippen LogP contribution in [0.15, 0.2) is 29.1 Å². The molecule has 6 heteroatoms. The maximum absolute atomic E-state index is 12.6. The Hall–Kier alpha value is -1.85. The predicted molar refractivity (Wildman–Crippen MR) is 58.8 cm³/mol. The van der Waals surface area contributed by atoms with Crippen molar-refractivity contribution in [1.82, 2.24) is 9.97 Å². The van der Waals surface area contributed by atoms with E-state index in [1.807, 2.05) is 13.8 Å². The third-order valence-electron chi connectivity index (χ3n) is 2.50. The molecule has 0 unspecified atom stereocenters. The zero-order valence-electron chi connectivity index (χ0n) is 9.82. The molecule has 96 valence electrons. The van der Waals surface area contributed by atoms with Gasteiger partial charge in [-0.25, -0.2) is 9.97 Å². The molecule has 0 fully saturated rings. The second kappa shape index (κ2) is 4.44. The predicted octanol–water partition coefficient (Wildman–Crippen LogP) is 3.88. The molecule has 0 aliphatic heterocycles. The lowest BCUT2D eigenvalue weighted by molar-refractivity contribution is -0.141. The van der Waals surface area contributed by atoms with Crippen LogP contribution in [0.1, 0.15) is 31.0 Å². The number of hydrogen-bond donors (Lipinski definition) is 0. The van der Waals surface area contributed by atoms with Crippen molar-refractivity contribution in [2.45, 2.75) is 25.9 Å². The molecule has 2 aromatic rings. The summed E-state index contributed by atoms with van der Waals surface area (Å²) in [4.78, 5) is 7.35. The monoisotopic (exact) mass is 256 g/mol. The summed E-state index contributed by atoms with van der Waals surface area (Å²) in [5, 5.41) is 0. The van der Waals surface area contributed by atoms with Gasteiger partial charge in [0.15, 0.2) is 12.2 Å². The molecule has 0 aliphatic rings. The first-order chi connectivity index (χ1) is 8.39. The summed E-state index contributed by atoms with van der Waals surface area (Å²) in [5.41, 5.74) is -0.0459. The van der Waals surface area contributed by atoms with E-state index in [0.29, 0.717) is 5.56 Å². The lowest BCUT2D eigenvalue weighted by atomic mass is 10.00. The highest BCUT2D eigenvalue weighted by atomic mass is 19.4. The lowest BCUT2D eigenvalue weighted by Gasteiger charge is -2.13. The van der Waals surface area contributed by atoms with Gasteiger partial charge in [-0.3, -0.25) is 0 Å². The number of alkyl halides is 3. The molecule has 0 aliphatic carbocycles. The first kappa shape index (κ1) is 12.6. The maximum atomic E-state index is 12.6. The lowest BCUT2D eigenvalue weighted by Crippen LogP contribution is -2.09. The van der Waals surface area contributed by atoms with Crippen molar-refractivity contribution in [3.63, 3.8) is 0 Å². The quantitative estimate of drug-likeness (QED) is 0.818. The SMILES string of the molecule is CC(C)c1ccc(C(F)(F)F)nc1-c1cnco1. The Bertz CT molecular complexity index is 533. The molecule has 3 nitrogen and oxygen atoms in total. The van der Waals surface area contributed by atoms with Gasteiger partial charge in [-0.15, -0.1) is 0 Å². The number of aromatic nitrogens is 2. The van der Waals surface area contributed by atoms with Crippen LogP contribution in [0, 0.1) is 0 Å². The summed E-state index contributed by atoms with van der Waals surface area (Å²) in [6, 6.07) is 2.41. The molecule has 2 heterocycles. The Morgan fingerprint density at radius 1 is 1.22 bits per heavy atom. The van der Waals surface area contributed by atoms with E-state index in [0.717, 1.165) is 6.07 Å². The zero-order chi connectivity index (χ0) is 13.3. The fraction of sp³-hybridized carbons (Fsp3) is 0.333. The van der Waals surface area contributed by atoms with Crippen molar-refractivity contribution in [3.8, 4) is 11.5 Å². The molecule has 0 amide bonds. The summed E-state index contributed by atoms with van der Waals surface area (Å²) < 4.78 is 42.9. The molecule has 0 spiro atoms. The maximum Gasteiger partial charge on any atom is 0.433 e. The van der Waals surface area contributed by atoms with E-state index in [1.165, 1.54) is 18.7 Å². The van der Waals surface area contributed by atoms with Gasteiger partial charge in [-0.05, 0) is 17.5 Å². The summed E-state index contributed by atoms with van der Waals surface area (Å²) in [5.74, 6) is 0.282. The van der Waals surface area contributed by atoms with Gasteiger partial charge in [0.2, 0.25) is 0 Å². The second-order valence-electron chi connectivity index (χ2n) is 4.15. The van der Waals surface area contributed by atoms with E-state index in [9.17, 15) is 13.2 Å². The molecule has 0 bridgehead atoms. The van der Waals surface area contributed by atoms with Gasteiger partial charge < -0.3 is 4.42 Å². The highest BCUT2D eigenvalue weighted by Crippen LogP contribution is 2.33. The number of oxazole rings is 1. The van der Waals surface area contributed by atoms with Gasteiger partial charge in [0.05, 0.1) is 6.20 Å². The smallest absolute Gasteiger partial charge is 0.433 e. The summed E-state index contributed by atoms with van der Waals surface area (Å²) in [7, 11) is 0. The summed E-state index contributed by atoms with van der Waals surface area (Å²) >= 11 is 0. The second-order valence-corrected chi connectivity index (χ2v) is 4.15. The van der Waals surface area contributed by atoms with Crippen LogP contribution in [-0.2, 0) is 6.18 Å². The van der Waals surface area contributed by atoms with Crippen molar-refractivity contribution in [2.75, 3.05) is 0 Å². The Labute approximate surface area is 102 Å². The van der Waals surface area contributed by atoms with E-state index < -0.39 is 11.9 Å². The Kier molecular flexibility index (Phi) is 3.11. The van der Waals surface area contributed by atoms with Crippen LogP contribution in [0.25, 0.3) is 11.5 Å². The highest BCUT2D eigenvalue weighted by Gasteiger charge is 2.33. The number of hydrogen-bond acceptors (Lipinski definition) is 3. The van der Waals surface area contributed by atoms with Crippen molar-refractivity contribution in [3.05, 3.63) is 36.0 Å². The fourth-order valence-corrected chi connectivity index (χ4v) is 1.62. The fourth-order valence-electron chi connectivity index (χ4n) is 1.62. The number of nitrogens with zero attached hydrogens (tertiary/aromatic N) is 2. The molecule has 0 N–H and O–H groups in total. The minimum atomic E-state index is -4.47. The third-order valence-corrected chi connectivity index (χ3v) is 2.50. The molecule has 18 heavy (non-hydrogen) atoms. The standard InChI is InChI=1S/C12H11F3N2O/c1-7(2)8-3-4-10(12(13,14)15)17-11(8)9-5-16-6-18-9/h3-7H,1-2H3. The first-order valence-electron chi connectivity index (χ1n) is 5.36. The number of rotatable bonds is 2. The van der Waals surface area contributed by atoms with Crippen molar-refractivity contribution >= 4 is 0 Å². The molecule has 0 radical (unpaired) electrons. The van der Waals surface area contributed by atoms with E-state index >= 15 is 0 Å². The van der Waals surface area contributed by atoms with Gasteiger partial charge in [0.25, 0.3) is 0 Å². The molecule has 0 saturated carbocycles. The average Bonchev–Trinajstić information content (AvgIpc) is 2.80. The highest BCUT2D eigenvalue weighted by molar-refractivity contribution is 5.57. The number of pyridine rings is 1. The zero-order valence-corrected chi connectivity index (χ0v) is 9.82. The van der Waals surface area contributed by atoms with Gasteiger partial charge in [0, 0.05) is 0 Å². The van der Waals surface area contributed by atoms with Gasteiger partial charge in [-0.1, -0.05) is 19.9 Å². The van der Waals surface area contributed by atoms with Crippen molar-refractivity contribution in [1.29, 1.82) is 0 Å². The van der Waals surface area contributed by atoms with Crippen LogP contribution in [-0.4, -0.2) is 9.97 Å². The Morgan fingerprint density at radius 2 is 1.94 bits per heavy atom. The van der Waals surface area contributed by atoms with E-state index in [4.69, 9.17) is 4.42 Å². The third kappa shape index (κ3) is 2.37. The molecule has 2 rings (SSSR count). The van der Waals surface area contributed by atoms with E-state index in [1.54, 1.807) is 0 Å². The van der Waals surface area contributed by atoms with E-state index in [-0.39, 0.29) is 17.4 Å². The largest absolute Gasteiger partial charge is 0.442 e. The molecule has 0 saturated heterocycles. The Balaban J connectivity index is 2.59. The van der Waals surface area contributed by atoms with Crippen LogP contribution >= 0.6 is 0 Å². The molecular formula is C12H11F3N2O. The first-order valence-corrected chi connectivity index (χ1v) is 5.36. The average molecular weight is 256 g/mol. The number of halogens is 3. The topological polar surface area (TPSA) is 38.9 Å². The molecule has 0 atom stereocenters. The van der Waals surface area contributed by atoms with Crippen LogP contribution < -0.4 is 0 Å². The van der Waals surface area contributed by atoms with Crippen LogP contribution in [0.4, 0.5) is 13.2 Å². The molecule has 0 aromatic carbocycles. The minimum absolute atomic E-state index is 0.0416. The van der Waals surface area contributed by atoms with Gasteiger partial charge in [0.1, 0.15) is 11.4 Å². The summed E-state index contributed by atoms with van der Waals surface area (Å²) in [6.45, 7) is 3.76. The van der Waals surface area contributed by atoms with Crippen LogP contribution in [0.3, 0.4) is 0 Å². The molecule has 2 aromatic heterocycles. The normalized spacial score (nSPS) is 12.1. The van der Waals surface area contributed by atoms with Gasteiger partial charge in [-0.2, -0.15) is 13.2 Å². The summed E-state index contributed by atoms with van der Waals surface area (Å²) in [6.07, 6.45) is -1.94.